The van der Waals surface area contributed by atoms with Gasteiger partial charge in [0.25, 0.3) is 0 Å². The number of ether oxygens (including phenoxy) is 1. The molecule has 0 bridgehead atoms. The predicted molar refractivity (Wildman–Crippen MR) is 95.4 cm³/mol. The summed E-state index contributed by atoms with van der Waals surface area (Å²) in [5.74, 6) is 1.79. The summed E-state index contributed by atoms with van der Waals surface area (Å²) in [6, 6.07) is 5.84. The molecular weight excluding hydrogens is 286 g/mol. The maximum absolute atomic E-state index is 12.4. The first-order valence-corrected chi connectivity index (χ1v) is 9.05. The predicted octanol–water partition coefficient (Wildman–Crippen LogP) is 4.48. The van der Waals surface area contributed by atoms with E-state index in [0.717, 1.165) is 49.5 Å². The molecule has 0 aliphatic carbocycles. The molecule has 0 unspecified atom stereocenters. The third-order valence-corrected chi connectivity index (χ3v) is 4.55. The molecule has 0 spiro atoms. The Labute approximate surface area is 141 Å². The number of ketones is 1. The number of carbonyl (C=O) groups is 1. The van der Waals surface area contributed by atoms with Crippen LogP contribution in [0.5, 0.6) is 5.75 Å². The van der Waals surface area contributed by atoms with E-state index in [9.17, 15) is 4.79 Å². The molecule has 2 rings (SSSR count). The monoisotopic (exact) mass is 317 g/mol. The second-order valence-corrected chi connectivity index (χ2v) is 7.09. The van der Waals surface area contributed by atoms with Gasteiger partial charge in [-0.2, -0.15) is 0 Å². The topological polar surface area (TPSA) is 29.5 Å². The van der Waals surface area contributed by atoms with Crippen molar-refractivity contribution in [3.05, 3.63) is 29.3 Å². The highest BCUT2D eigenvalue weighted by Gasteiger charge is 2.13. The van der Waals surface area contributed by atoms with Crippen molar-refractivity contribution >= 4 is 5.78 Å². The normalized spacial score (nSPS) is 15.8. The minimum Gasteiger partial charge on any atom is -0.493 e. The van der Waals surface area contributed by atoms with E-state index in [1.165, 1.54) is 19.3 Å². The second kappa shape index (κ2) is 9.07. The third-order valence-electron chi connectivity index (χ3n) is 4.55. The van der Waals surface area contributed by atoms with Crippen LogP contribution >= 0.6 is 0 Å². The molecule has 0 aromatic heterocycles. The van der Waals surface area contributed by atoms with Gasteiger partial charge in [0, 0.05) is 18.5 Å². The number of aryl methyl sites for hydroxylation is 1. The van der Waals surface area contributed by atoms with Gasteiger partial charge in [-0.3, -0.25) is 4.79 Å². The van der Waals surface area contributed by atoms with Crippen LogP contribution in [0.15, 0.2) is 18.2 Å². The number of nitrogens with zero attached hydrogens (tertiary/aromatic N) is 1. The summed E-state index contributed by atoms with van der Waals surface area (Å²) < 4.78 is 5.82. The molecule has 0 atom stereocenters. The number of hydrogen-bond donors (Lipinski definition) is 0. The van der Waals surface area contributed by atoms with Crippen LogP contribution in [0.4, 0.5) is 0 Å². The van der Waals surface area contributed by atoms with Crippen LogP contribution in [-0.4, -0.2) is 36.9 Å². The van der Waals surface area contributed by atoms with Crippen molar-refractivity contribution in [2.24, 2.45) is 5.92 Å². The summed E-state index contributed by atoms with van der Waals surface area (Å²) in [4.78, 5) is 14.8. The smallest absolute Gasteiger partial charge is 0.164 e. The van der Waals surface area contributed by atoms with Gasteiger partial charge >= 0.3 is 0 Å². The number of rotatable bonds is 8. The highest BCUT2D eigenvalue weighted by atomic mass is 16.5. The number of likely N-dealkylation sites (tertiary alicyclic amines) is 1. The van der Waals surface area contributed by atoms with E-state index in [-0.39, 0.29) is 5.78 Å². The minimum absolute atomic E-state index is 0.243. The molecule has 1 aromatic carbocycles. The average Bonchev–Trinajstić information content (AvgIpc) is 2.54. The Hall–Kier alpha value is -1.35. The molecule has 0 N–H and O–H groups in total. The van der Waals surface area contributed by atoms with E-state index in [2.05, 4.69) is 18.7 Å². The Morgan fingerprint density at radius 1 is 1.22 bits per heavy atom. The lowest BCUT2D eigenvalue weighted by Crippen LogP contribution is -2.31. The Balaban J connectivity index is 1.84. The third kappa shape index (κ3) is 5.98. The maximum Gasteiger partial charge on any atom is 0.164 e. The van der Waals surface area contributed by atoms with Gasteiger partial charge in [0.15, 0.2) is 5.78 Å². The van der Waals surface area contributed by atoms with Crippen molar-refractivity contribution in [1.29, 1.82) is 0 Å². The Morgan fingerprint density at radius 3 is 2.61 bits per heavy atom. The fourth-order valence-corrected chi connectivity index (χ4v) is 2.98. The van der Waals surface area contributed by atoms with Crippen molar-refractivity contribution in [3.63, 3.8) is 0 Å². The zero-order chi connectivity index (χ0) is 16.7. The van der Waals surface area contributed by atoms with Crippen molar-refractivity contribution in [2.75, 3.05) is 26.2 Å². The van der Waals surface area contributed by atoms with Crippen molar-refractivity contribution in [1.82, 2.24) is 4.90 Å². The first kappa shape index (κ1) is 18.0. The highest BCUT2D eigenvalue weighted by molar-refractivity contribution is 5.96. The zero-order valence-electron chi connectivity index (χ0n) is 14.9. The Bertz CT molecular complexity index is 504. The van der Waals surface area contributed by atoms with Gasteiger partial charge in [-0.05, 0) is 69.0 Å². The van der Waals surface area contributed by atoms with Crippen LogP contribution in [0.1, 0.15) is 61.9 Å². The van der Waals surface area contributed by atoms with Crippen LogP contribution in [0.25, 0.3) is 0 Å². The van der Waals surface area contributed by atoms with Crippen LogP contribution in [0.2, 0.25) is 0 Å². The molecule has 23 heavy (non-hydrogen) atoms. The lowest BCUT2D eigenvalue weighted by Gasteiger charge is -2.25. The Kier molecular flexibility index (Phi) is 7.10. The molecule has 1 saturated heterocycles. The van der Waals surface area contributed by atoms with E-state index in [4.69, 9.17) is 4.74 Å². The summed E-state index contributed by atoms with van der Waals surface area (Å²) in [7, 11) is 0. The van der Waals surface area contributed by atoms with Gasteiger partial charge in [-0.15, -0.1) is 0 Å². The van der Waals surface area contributed by atoms with Crippen molar-refractivity contribution < 1.29 is 9.53 Å². The molecule has 3 heteroatoms. The maximum atomic E-state index is 12.4. The average molecular weight is 317 g/mol. The second-order valence-electron chi connectivity index (χ2n) is 7.09. The van der Waals surface area contributed by atoms with Gasteiger partial charge in [0.05, 0.1) is 6.61 Å². The molecule has 128 valence electrons. The fourth-order valence-electron chi connectivity index (χ4n) is 2.98. The molecule has 1 aromatic rings. The van der Waals surface area contributed by atoms with E-state index < -0.39 is 0 Å². The van der Waals surface area contributed by atoms with E-state index in [0.29, 0.717) is 12.3 Å². The molecule has 1 heterocycles. The molecule has 0 radical (unpaired) electrons. The summed E-state index contributed by atoms with van der Waals surface area (Å²) in [6.07, 6.45) is 5.55. The standard InChI is InChI=1S/C20H31NO2/c1-16(2)10-14-23-20-8-7-18(15-17(20)3)19(22)9-13-21-11-5-4-6-12-21/h7-8,15-16H,4-6,9-14H2,1-3H3. The Morgan fingerprint density at radius 2 is 1.96 bits per heavy atom. The largest absolute Gasteiger partial charge is 0.493 e. The van der Waals surface area contributed by atoms with Crippen LogP contribution in [0.3, 0.4) is 0 Å². The van der Waals surface area contributed by atoms with Crippen LogP contribution in [0, 0.1) is 12.8 Å². The van der Waals surface area contributed by atoms with Gasteiger partial charge in [0.1, 0.15) is 5.75 Å². The summed E-state index contributed by atoms with van der Waals surface area (Å²) >= 11 is 0. The zero-order valence-corrected chi connectivity index (χ0v) is 14.9. The van der Waals surface area contributed by atoms with E-state index in [1.807, 2.05) is 25.1 Å². The molecule has 0 saturated carbocycles. The van der Waals surface area contributed by atoms with E-state index >= 15 is 0 Å². The summed E-state index contributed by atoms with van der Waals surface area (Å²) in [5.41, 5.74) is 1.87. The molecule has 3 nitrogen and oxygen atoms in total. The number of Topliss-reactive ketones (excluding diaryl/α,β-unsaturated/α-hetero) is 1. The minimum atomic E-state index is 0.243. The number of hydrogen-bond acceptors (Lipinski definition) is 3. The first-order valence-electron chi connectivity index (χ1n) is 9.05. The number of carbonyl (C=O) groups excluding carboxylic acids is 1. The highest BCUT2D eigenvalue weighted by Crippen LogP contribution is 2.21. The summed E-state index contributed by atoms with van der Waals surface area (Å²) in [5, 5.41) is 0. The SMILES string of the molecule is Cc1cc(C(=O)CCN2CCCCC2)ccc1OCCC(C)C. The lowest BCUT2D eigenvalue weighted by molar-refractivity contribution is 0.0958. The number of benzene rings is 1. The van der Waals surface area contributed by atoms with Crippen molar-refractivity contribution in [2.45, 2.75) is 52.9 Å². The van der Waals surface area contributed by atoms with Gasteiger partial charge in [-0.1, -0.05) is 20.3 Å². The number of piperidine rings is 1. The van der Waals surface area contributed by atoms with E-state index in [1.54, 1.807) is 0 Å². The molecule has 0 amide bonds. The summed E-state index contributed by atoms with van der Waals surface area (Å²) in [6.45, 7) is 10.3. The molecule has 1 aliphatic rings. The molecule has 1 aliphatic heterocycles. The molecule has 1 fully saturated rings. The lowest BCUT2D eigenvalue weighted by atomic mass is 10.0. The van der Waals surface area contributed by atoms with Crippen LogP contribution < -0.4 is 4.74 Å². The quantitative estimate of drug-likeness (QED) is 0.662. The van der Waals surface area contributed by atoms with Crippen molar-refractivity contribution in [3.8, 4) is 5.75 Å². The van der Waals surface area contributed by atoms with Gasteiger partial charge < -0.3 is 9.64 Å². The molecular formula is C20H31NO2. The van der Waals surface area contributed by atoms with Gasteiger partial charge in [0.2, 0.25) is 0 Å². The van der Waals surface area contributed by atoms with Gasteiger partial charge in [-0.25, -0.2) is 0 Å². The first-order chi connectivity index (χ1) is 11.1. The fraction of sp³-hybridized carbons (Fsp3) is 0.650. The van der Waals surface area contributed by atoms with Crippen LogP contribution in [-0.2, 0) is 0 Å².